The van der Waals surface area contributed by atoms with Gasteiger partial charge in [-0.25, -0.2) is 0 Å². The number of ketones is 1. The molecule has 1 unspecified atom stereocenters. The molecule has 0 aromatic heterocycles. The highest BCUT2D eigenvalue weighted by molar-refractivity contribution is 5.99. The van der Waals surface area contributed by atoms with E-state index in [0.717, 1.165) is 31.2 Å². The van der Waals surface area contributed by atoms with Crippen LogP contribution in [0.25, 0.3) is 0 Å². The van der Waals surface area contributed by atoms with Crippen LogP contribution in [0.3, 0.4) is 0 Å². The maximum Gasteiger partial charge on any atom is 0.166 e. The summed E-state index contributed by atoms with van der Waals surface area (Å²) < 4.78 is 0. The van der Waals surface area contributed by atoms with Gasteiger partial charge in [-0.2, -0.15) is 0 Å². The van der Waals surface area contributed by atoms with Crippen LogP contribution in [0.5, 0.6) is 0 Å². The van der Waals surface area contributed by atoms with Gasteiger partial charge in [-0.15, -0.1) is 0 Å². The summed E-state index contributed by atoms with van der Waals surface area (Å²) in [6, 6.07) is 14.7. The molecule has 1 atom stereocenters. The normalized spacial score (nSPS) is 18.2. The highest BCUT2D eigenvalue weighted by atomic mass is 16.1. The molecule has 0 bridgehead atoms. The van der Waals surface area contributed by atoms with Gasteiger partial charge < -0.3 is 0 Å². The molecule has 1 heteroatoms. The number of carbonyl (C=O) groups excluding carboxylic acids is 1. The highest BCUT2D eigenvalue weighted by Gasteiger charge is 2.25. The molecule has 0 saturated carbocycles. The standard InChI is InChI=1S/C20H22O/c1-14-10-11-15(2)18(12-14)13-17-8-5-7-16-6-3-4-9-19(16)20(17)21/h3-4,6,9-12,17H,5,7-8,13H2,1-2H3. The van der Waals surface area contributed by atoms with Crippen molar-refractivity contribution in [3.8, 4) is 0 Å². The number of rotatable bonds is 2. The second kappa shape index (κ2) is 5.85. The Morgan fingerprint density at radius 3 is 2.76 bits per heavy atom. The molecule has 0 radical (unpaired) electrons. The first-order valence-electron chi connectivity index (χ1n) is 7.83. The summed E-state index contributed by atoms with van der Waals surface area (Å²) in [6.07, 6.45) is 4.02. The summed E-state index contributed by atoms with van der Waals surface area (Å²) in [7, 11) is 0. The SMILES string of the molecule is Cc1ccc(C)c(CC2CCCc3ccccc3C2=O)c1. The first-order valence-corrected chi connectivity index (χ1v) is 7.83. The molecule has 2 aromatic carbocycles. The first kappa shape index (κ1) is 14.1. The van der Waals surface area contributed by atoms with E-state index >= 15 is 0 Å². The van der Waals surface area contributed by atoms with Crippen LogP contribution in [0.15, 0.2) is 42.5 Å². The molecule has 0 spiro atoms. The van der Waals surface area contributed by atoms with Crippen LogP contribution in [0.4, 0.5) is 0 Å². The Bertz CT molecular complexity index is 669. The molecule has 21 heavy (non-hydrogen) atoms. The average molecular weight is 278 g/mol. The maximum atomic E-state index is 12.8. The smallest absolute Gasteiger partial charge is 0.166 e. The van der Waals surface area contributed by atoms with Crippen molar-refractivity contribution in [3.63, 3.8) is 0 Å². The third kappa shape index (κ3) is 2.92. The zero-order chi connectivity index (χ0) is 14.8. The Balaban J connectivity index is 1.89. The molecule has 108 valence electrons. The van der Waals surface area contributed by atoms with Gasteiger partial charge in [-0.05, 0) is 56.2 Å². The fourth-order valence-electron chi connectivity index (χ4n) is 3.35. The molecule has 0 aliphatic heterocycles. The molecule has 3 rings (SSSR count). The van der Waals surface area contributed by atoms with Crippen molar-refractivity contribution in [1.29, 1.82) is 0 Å². The van der Waals surface area contributed by atoms with Crippen molar-refractivity contribution in [2.24, 2.45) is 5.92 Å². The maximum absolute atomic E-state index is 12.8. The van der Waals surface area contributed by atoms with E-state index in [1.165, 1.54) is 22.3 Å². The van der Waals surface area contributed by atoms with Gasteiger partial charge in [0.2, 0.25) is 0 Å². The van der Waals surface area contributed by atoms with Crippen molar-refractivity contribution < 1.29 is 4.79 Å². The molecule has 0 fully saturated rings. The molecular weight excluding hydrogens is 256 g/mol. The molecule has 2 aromatic rings. The van der Waals surface area contributed by atoms with E-state index in [2.05, 4.69) is 38.1 Å². The third-order valence-corrected chi connectivity index (χ3v) is 4.62. The average Bonchev–Trinajstić information content (AvgIpc) is 2.64. The molecule has 0 heterocycles. The van der Waals surface area contributed by atoms with Crippen LogP contribution in [0.1, 0.15) is 45.5 Å². The van der Waals surface area contributed by atoms with E-state index in [9.17, 15) is 4.79 Å². The number of hydrogen-bond donors (Lipinski definition) is 0. The second-order valence-corrected chi connectivity index (χ2v) is 6.24. The van der Waals surface area contributed by atoms with Crippen LogP contribution in [-0.4, -0.2) is 5.78 Å². The Morgan fingerprint density at radius 2 is 1.90 bits per heavy atom. The second-order valence-electron chi connectivity index (χ2n) is 6.24. The summed E-state index contributed by atoms with van der Waals surface area (Å²) >= 11 is 0. The van der Waals surface area contributed by atoms with Gasteiger partial charge in [-0.3, -0.25) is 4.79 Å². The predicted molar refractivity (Wildman–Crippen MR) is 86.8 cm³/mol. The Kier molecular flexibility index (Phi) is 3.92. The van der Waals surface area contributed by atoms with Crippen LogP contribution in [-0.2, 0) is 12.8 Å². The summed E-state index contributed by atoms with van der Waals surface area (Å²) in [6.45, 7) is 4.26. The number of carbonyl (C=O) groups is 1. The number of fused-ring (bicyclic) bond motifs is 1. The highest BCUT2D eigenvalue weighted by Crippen LogP contribution is 2.28. The lowest BCUT2D eigenvalue weighted by Crippen LogP contribution is -2.17. The molecule has 0 saturated heterocycles. The van der Waals surface area contributed by atoms with E-state index < -0.39 is 0 Å². The summed E-state index contributed by atoms with van der Waals surface area (Å²) in [5.41, 5.74) is 6.08. The fraction of sp³-hybridized carbons (Fsp3) is 0.350. The minimum Gasteiger partial charge on any atom is -0.294 e. The molecular formula is C20H22O. The van der Waals surface area contributed by atoms with E-state index in [0.29, 0.717) is 5.78 Å². The Hall–Kier alpha value is -1.89. The lowest BCUT2D eigenvalue weighted by atomic mass is 9.87. The van der Waals surface area contributed by atoms with Gasteiger partial charge in [0.1, 0.15) is 0 Å². The minimum atomic E-state index is 0.133. The summed E-state index contributed by atoms with van der Waals surface area (Å²) in [5.74, 6) is 0.471. The van der Waals surface area contributed by atoms with E-state index in [4.69, 9.17) is 0 Å². The largest absolute Gasteiger partial charge is 0.294 e. The Labute approximate surface area is 127 Å². The zero-order valence-corrected chi connectivity index (χ0v) is 12.9. The molecule has 0 amide bonds. The third-order valence-electron chi connectivity index (χ3n) is 4.62. The number of Topliss-reactive ketones (excluding diaryl/α,β-unsaturated/α-hetero) is 1. The molecule has 1 aliphatic rings. The molecule has 0 N–H and O–H groups in total. The van der Waals surface area contributed by atoms with E-state index in [1.807, 2.05) is 18.2 Å². The number of benzene rings is 2. The monoisotopic (exact) mass is 278 g/mol. The summed E-state index contributed by atoms with van der Waals surface area (Å²) in [5, 5.41) is 0. The van der Waals surface area contributed by atoms with Crippen LogP contribution < -0.4 is 0 Å². The van der Waals surface area contributed by atoms with E-state index in [1.54, 1.807) is 0 Å². The summed E-state index contributed by atoms with van der Waals surface area (Å²) in [4.78, 5) is 12.8. The van der Waals surface area contributed by atoms with Gasteiger partial charge in [0, 0.05) is 11.5 Å². The van der Waals surface area contributed by atoms with Gasteiger partial charge in [0.05, 0.1) is 0 Å². The van der Waals surface area contributed by atoms with Crippen molar-refractivity contribution in [3.05, 3.63) is 70.3 Å². The lowest BCUT2D eigenvalue weighted by molar-refractivity contribution is 0.0915. The fourth-order valence-corrected chi connectivity index (χ4v) is 3.35. The van der Waals surface area contributed by atoms with Gasteiger partial charge in [0.25, 0.3) is 0 Å². The van der Waals surface area contributed by atoms with E-state index in [-0.39, 0.29) is 5.92 Å². The van der Waals surface area contributed by atoms with Crippen molar-refractivity contribution in [2.45, 2.75) is 39.5 Å². The quantitative estimate of drug-likeness (QED) is 0.729. The van der Waals surface area contributed by atoms with Crippen LogP contribution in [0.2, 0.25) is 0 Å². The van der Waals surface area contributed by atoms with Gasteiger partial charge >= 0.3 is 0 Å². The molecule has 1 nitrogen and oxygen atoms in total. The van der Waals surface area contributed by atoms with Crippen molar-refractivity contribution >= 4 is 5.78 Å². The van der Waals surface area contributed by atoms with Gasteiger partial charge in [-0.1, -0.05) is 48.0 Å². The zero-order valence-electron chi connectivity index (χ0n) is 12.9. The lowest BCUT2D eigenvalue weighted by Gasteiger charge is -2.16. The van der Waals surface area contributed by atoms with Crippen molar-refractivity contribution in [1.82, 2.24) is 0 Å². The minimum absolute atomic E-state index is 0.133. The Morgan fingerprint density at radius 1 is 1.10 bits per heavy atom. The topological polar surface area (TPSA) is 17.1 Å². The number of hydrogen-bond acceptors (Lipinski definition) is 1. The van der Waals surface area contributed by atoms with Gasteiger partial charge in [0.15, 0.2) is 5.78 Å². The van der Waals surface area contributed by atoms with Crippen LogP contribution in [0, 0.1) is 19.8 Å². The number of aryl methyl sites for hydroxylation is 3. The van der Waals surface area contributed by atoms with Crippen molar-refractivity contribution in [2.75, 3.05) is 0 Å². The molecule has 1 aliphatic carbocycles. The van der Waals surface area contributed by atoms with Crippen LogP contribution >= 0.6 is 0 Å². The predicted octanol–water partition coefficient (Wildman–Crippen LogP) is 4.68. The first-order chi connectivity index (χ1) is 10.1.